The Labute approximate surface area is 187 Å². The van der Waals surface area contributed by atoms with Crippen molar-refractivity contribution in [1.29, 1.82) is 0 Å². The molecule has 1 atom stereocenters. The molecule has 33 heavy (non-hydrogen) atoms. The third-order valence-electron chi connectivity index (χ3n) is 6.66. The van der Waals surface area contributed by atoms with Gasteiger partial charge >= 0.3 is 0 Å². The number of alkyl halides is 2. The summed E-state index contributed by atoms with van der Waals surface area (Å²) in [5.74, 6) is -4.70. The van der Waals surface area contributed by atoms with Crippen molar-refractivity contribution in [1.82, 2.24) is 10.3 Å². The van der Waals surface area contributed by atoms with Crippen LogP contribution in [0, 0.1) is 5.82 Å². The van der Waals surface area contributed by atoms with Gasteiger partial charge in [0.05, 0.1) is 17.1 Å². The van der Waals surface area contributed by atoms with Crippen LogP contribution in [0.2, 0.25) is 0 Å². The lowest BCUT2D eigenvalue weighted by Gasteiger charge is -2.28. The Morgan fingerprint density at radius 1 is 1.21 bits per heavy atom. The summed E-state index contributed by atoms with van der Waals surface area (Å²) in [4.78, 5) is 27.6. The number of aromatic nitrogens is 1. The van der Waals surface area contributed by atoms with Gasteiger partial charge in [0.25, 0.3) is 11.8 Å². The Morgan fingerprint density at radius 3 is 2.73 bits per heavy atom. The molecule has 1 amide bonds. The van der Waals surface area contributed by atoms with Gasteiger partial charge in [0, 0.05) is 36.0 Å². The first-order chi connectivity index (χ1) is 15.7. The summed E-state index contributed by atoms with van der Waals surface area (Å²) in [6, 6.07) is 5.68. The first-order valence-electron chi connectivity index (χ1n) is 10.8. The summed E-state index contributed by atoms with van der Waals surface area (Å²) in [6.07, 6.45) is 0.973. The molecule has 0 radical (unpaired) electrons. The quantitative estimate of drug-likeness (QED) is 0.519. The highest BCUT2D eigenvalue weighted by Gasteiger charge is 2.38. The van der Waals surface area contributed by atoms with Crippen molar-refractivity contribution in [2.24, 2.45) is 5.73 Å². The lowest BCUT2D eigenvalue weighted by atomic mass is 9.83. The molecule has 0 bridgehead atoms. The molecule has 2 aromatic carbocycles. The second-order valence-corrected chi connectivity index (χ2v) is 8.63. The Kier molecular flexibility index (Phi) is 4.93. The monoisotopic (exact) mass is 453 g/mol. The van der Waals surface area contributed by atoms with Crippen LogP contribution in [0.25, 0.3) is 22.0 Å². The number of halogens is 3. The molecule has 2 aliphatic rings. The van der Waals surface area contributed by atoms with E-state index in [-0.39, 0.29) is 40.7 Å². The maximum absolute atomic E-state index is 15.7. The number of hydrogen-bond donors (Lipinski definition) is 3. The fourth-order valence-electron chi connectivity index (χ4n) is 5.19. The molecular weight excluding hydrogens is 431 g/mol. The van der Waals surface area contributed by atoms with E-state index in [1.807, 2.05) is 0 Å². The van der Waals surface area contributed by atoms with Gasteiger partial charge in [0.1, 0.15) is 5.82 Å². The largest absolute Gasteiger partial charge is 0.366 e. The highest BCUT2D eigenvalue weighted by molar-refractivity contribution is 6.11. The van der Waals surface area contributed by atoms with Crippen molar-refractivity contribution in [2.45, 2.75) is 37.6 Å². The van der Waals surface area contributed by atoms with Crippen LogP contribution in [0.1, 0.15) is 45.2 Å². The van der Waals surface area contributed by atoms with Crippen LogP contribution in [0.3, 0.4) is 0 Å². The van der Waals surface area contributed by atoms with Crippen molar-refractivity contribution < 1.29 is 22.8 Å². The number of primary amides is 1. The zero-order valence-corrected chi connectivity index (χ0v) is 17.7. The SMILES string of the molecule is C=CC(=O)C1NCCc2c(-c3c(F)cc(C(N)=O)c4[nH]c5c(c34)CC(F)(F)CC5)cccc21. The fourth-order valence-corrected chi connectivity index (χ4v) is 5.19. The van der Waals surface area contributed by atoms with E-state index in [9.17, 15) is 18.4 Å². The van der Waals surface area contributed by atoms with Gasteiger partial charge in [-0.05, 0) is 47.2 Å². The molecule has 8 heteroatoms. The number of nitrogens with two attached hydrogens (primary N) is 1. The van der Waals surface area contributed by atoms with Crippen LogP contribution in [0.15, 0.2) is 36.9 Å². The predicted molar refractivity (Wildman–Crippen MR) is 119 cm³/mol. The van der Waals surface area contributed by atoms with Gasteiger partial charge in [-0.3, -0.25) is 9.59 Å². The number of ketones is 1. The molecular formula is C25H22F3N3O2. The van der Waals surface area contributed by atoms with E-state index in [0.717, 1.165) is 11.6 Å². The smallest absolute Gasteiger partial charge is 0.252 e. The molecule has 0 saturated heterocycles. The molecule has 0 spiro atoms. The van der Waals surface area contributed by atoms with Crippen molar-refractivity contribution in [2.75, 3.05) is 6.54 Å². The number of carbonyl (C=O) groups is 2. The minimum Gasteiger partial charge on any atom is -0.366 e. The summed E-state index contributed by atoms with van der Waals surface area (Å²) in [6.45, 7) is 4.04. The Bertz CT molecular complexity index is 1340. The Balaban J connectivity index is 1.84. The molecule has 3 aromatic rings. The first kappa shape index (κ1) is 21.5. The maximum Gasteiger partial charge on any atom is 0.252 e. The number of amides is 1. The number of nitrogens with one attached hydrogen (secondary N) is 2. The number of benzene rings is 2. The predicted octanol–water partition coefficient (Wildman–Crippen LogP) is 4.14. The zero-order valence-electron chi connectivity index (χ0n) is 17.7. The number of H-pyrrole nitrogens is 1. The summed E-state index contributed by atoms with van der Waals surface area (Å²) < 4.78 is 44.4. The minimum absolute atomic E-state index is 0.0739. The summed E-state index contributed by atoms with van der Waals surface area (Å²) in [5.41, 5.74) is 8.70. The third kappa shape index (κ3) is 3.36. The topological polar surface area (TPSA) is 88.0 Å². The van der Waals surface area contributed by atoms with Gasteiger partial charge in [-0.1, -0.05) is 24.8 Å². The van der Waals surface area contributed by atoms with Crippen molar-refractivity contribution >= 4 is 22.6 Å². The number of rotatable bonds is 4. The molecule has 170 valence electrons. The Hall–Kier alpha value is -3.39. The second kappa shape index (κ2) is 7.59. The standard InChI is InChI=1S/C25H22F3N3O2/c1-2-19(32)22-14-5-3-4-13(12(14)7-9-30-22)20-17(26)10-15(24(29)33)23-21(20)16-11-25(27,28)8-6-18(16)31-23/h2-5,10,22,30-31H,1,6-9,11H2,(H2,29,33). The van der Waals surface area contributed by atoms with Crippen LogP contribution in [0.4, 0.5) is 13.2 Å². The van der Waals surface area contributed by atoms with E-state index < -0.39 is 30.1 Å². The molecule has 0 fully saturated rings. The molecule has 1 aromatic heterocycles. The molecule has 1 aliphatic carbocycles. The number of aromatic amines is 1. The molecule has 5 nitrogen and oxygen atoms in total. The average molecular weight is 453 g/mol. The minimum atomic E-state index is -2.93. The van der Waals surface area contributed by atoms with Gasteiger partial charge in [0.15, 0.2) is 5.78 Å². The van der Waals surface area contributed by atoms with Crippen molar-refractivity contribution in [3.05, 3.63) is 70.7 Å². The third-order valence-corrected chi connectivity index (χ3v) is 6.66. The van der Waals surface area contributed by atoms with E-state index in [4.69, 9.17) is 5.73 Å². The zero-order chi connectivity index (χ0) is 23.5. The lowest BCUT2D eigenvalue weighted by Crippen LogP contribution is -2.34. The molecule has 1 unspecified atom stereocenters. The molecule has 0 saturated carbocycles. The van der Waals surface area contributed by atoms with Crippen LogP contribution in [0.5, 0.6) is 0 Å². The second-order valence-electron chi connectivity index (χ2n) is 8.63. The lowest BCUT2D eigenvalue weighted by molar-refractivity contribution is -0.116. The van der Waals surface area contributed by atoms with Crippen LogP contribution < -0.4 is 11.1 Å². The van der Waals surface area contributed by atoms with Gasteiger partial charge in [-0.15, -0.1) is 0 Å². The van der Waals surface area contributed by atoms with Gasteiger partial charge in [0.2, 0.25) is 0 Å². The van der Waals surface area contributed by atoms with Crippen LogP contribution in [-0.2, 0) is 24.1 Å². The summed E-state index contributed by atoms with van der Waals surface area (Å²) in [5, 5.41) is 3.42. The number of carbonyl (C=O) groups excluding carboxylic acids is 2. The Morgan fingerprint density at radius 2 is 2.00 bits per heavy atom. The van der Waals surface area contributed by atoms with E-state index in [1.54, 1.807) is 18.2 Å². The molecule has 1 aliphatic heterocycles. The first-order valence-corrected chi connectivity index (χ1v) is 10.8. The van der Waals surface area contributed by atoms with E-state index in [0.29, 0.717) is 35.3 Å². The van der Waals surface area contributed by atoms with Crippen molar-refractivity contribution in [3.8, 4) is 11.1 Å². The molecule has 5 rings (SSSR count). The van der Waals surface area contributed by atoms with Crippen LogP contribution in [-0.4, -0.2) is 29.1 Å². The highest BCUT2D eigenvalue weighted by atomic mass is 19.3. The highest BCUT2D eigenvalue weighted by Crippen LogP contribution is 2.44. The molecule has 2 heterocycles. The van der Waals surface area contributed by atoms with Gasteiger partial charge in [-0.2, -0.15) is 0 Å². The summed E-state index contributed by atoms with van der Waals surface area (Å²) in [7, 11) is 0. The van der Waals surface area contributed by atoms with E-state index >= 15 is 4.39 Å². The summed E-state index contributed by atoms with van der Waals surface area (Å²) >= 11 is 0. The van der Waals surface area contributed by atoms with Crippen LogP contribution >= 0.6 is 0 Å². The maximum atomic E-state index is 15.7. The average Bonchev–Trinajstić information content (AvgIpc) is 3.14. The van der Waals surface area contributed by atoms with Crippen molar-refractivity contribution in [3.63, 3.8) is 0 Å². The normalized spacial score (nSPS) is 19.1. The fraction of sp³-hybridized carbons (Fsp3) is 0.280. The van der Waals surface area contributed by atoms with Gasteiger partial charge in [-0.25, -0.2) is 13.2 Å². The van der Waals surface area contributed by atoms with Gasteiger partial charge < -0.3 is 16.0 Å². The number of aryl methyl sites for hydroxylation is 1. The van der Waals surface area contributed by atoms with E-state index in [1.165, 1.54) is 6.08 Å². The number of fused-ring (bicyclic) bond motifs is 4. The molecule has 4 N–H and O–H groups in total. The van der Waals surface area contributed by atoms with E-state index in [2.05, 4.69) is 16.9 Å². The number of hydrogen-bond acceptors (Lipinski definition) is 3.